The Morgan fingerprint density at radius 2 is 1.95 bits per heavy atom. The van der Waals surface area contributed by atoms with Crippen LogP contribution in [0.3, 0.4) is 0 Å². The molecule has 120 valence electrons. The predicted molar refractivity (Wildman–Crippen MR) is 77.3 cm³/mol. The van der Waals surface area contributed by atoms with Gasteiger partial charge in [0.15, 0.2) is 0 Å². The van der Waals surface area contributed by atoms with Gasteiger partial charge in [0.1, 0.15) is 0 Å². The lowest BCUT2D eigenvalue weighted by Gasteiger charge is -2.27. The molecule has 1 saturated carbocycles. The van der Waals surface area contributed by atoms with E-state index in [2.05, 4.69) is 10.6 Å². The minimum absolute atomic E-state index is 0.00253. The van der Waals surface area contributed by atoms with Gasteiger partial charge in [-0.15, -0.1) is 0 Å². The summed E-state index contributed by atoms with van der Waals surface area (Å²) >= 11 is 0. The molecule has 7 nitrogen and oxygen atoms in total. The first-order valence-corrected chi connectivity index (χ1v) is 7.36. The van der Waals surface area contributed by atoms with Gasteiger partial charge in [0.05, 0.1) is 18.5 Å². The topological polar surface area (TPSA) is 122 Å². The van der Waals surface area contributed by atoms with E-state index in [-0.39, 0.29) is 30.3 Å². The van der Waals surface area contributed by atoms with Crippen LogP contribution >= 0.6 is 0 Å². The highest BCUT2D eigenvalue weighted by molar-refractivity contribution is 5.87. The van der Waals surface area contributed by atoms with Crippen molar-refractivity contribution in [3.8, 4) is 0 Å². The maximum absolute atomic E-state index is 11.8. The second-order valence-electron chi connectivity index (χ2n) is 5.95. The zero-order valence-corrected chi connectivity index (χ0v) is 12.6. The first-order valence-electron chi connectivity index (χ1n) is 7.36. The van der Waals surface area contributed by atoms with Crippen molar-refractivity contribution in [1.82, 2.24) is 10.6 Å². The molecule has 7 heteroatoms. The summed E-state index contributed by atoms with van der Waals surface area (Å²) in [7, 11) is 0. The number of hydrogen-bond donors (Lipinski definition) is 4. The van der Waals surface area contributed by atoms with E-state index in [0.29, 0.717) is 12.8 Å². The first kappa shape index (κ1) is 17.4. The Labute approximate surface area is 124 Å². The van der Waals surface area contributed by atoms with E-state index in [9.17, 15) is 14.4 Å². The standard InChI is InChI=1S/C14H25N3O4/c1-8(2)12(15)13(19)16-7-11(18)17-10-5-3-4-9(6-10)14(20)21/h8-10,12H,3-7,15H2,1-2H3,(H,16,19)(H,17,18)(H,20,21)/t9?,10?,12-/m0/s1. The molecule has 0 spiro atoms. The molecular weight excluding hydrogens is 274 g/mol. The normalized spacial score (nSPS) is 23.4. The molecule has 1 rings (SSSR count). The van der Waals surface area contributed by atoms with Crippen molar-refractivity contribution in [2.75, 3.05) is 6.54 Å². The monoisotopic (exact) mass is 299 g/mol. The zero-order valence-electron chi connectivity index (χ0n) is 12.6. The molecule has 0 aliphatic heterocycles. The second-order valence-corrected chi connectivity index (χ2v) is 5.95. The molecule has 0 aromatic carbocycles. The van der Waals surface area contributed by atoms with Crippen LogP contribution in [-0.4, -0.2) is 41.5 Å². The van der Waals surface area contributed by atoms with Crippen molar-refractivity contribution < 1.29 is 19.5 Å². The van der Waals surface area contributed by atoms with Crippen molar-refractivity contribution in [1.29, 1.82) is 0 Å². The lowest BCUT2D eigenvalue weighted by Crippen LogP contribution is -2.49. The molecule has 0 radical (unpaired) electrons. The summed E-state index contributed by atoms with van der Waals surface area (Å²) in [6, 6.07) is -0.771. The Kier molecular flexibility index (Phi) is 6.61. The maximum atomic E-state index is 11.8. The van der Waals surface area contributed by atoms with Gasteiger partial charge >= 0.3 is 5.97 Å². The number of nitrogens with two attached hydrogens (primary N) is 1. The van der Waals surface area contributed by atoms with Gasteiger partial charge in [-0.3, -0.25) is 14.4 Å². The largest absolute Gasteiger partial charge is 0.481 e. The van der Waals surface area contributed by atoms with Crippen molar-refractivity contribution in [3.63, 3.8) is 0 Å². The Hall–Kier alpha value is -1.63. The zero-order chi connectivity index (χ0) is 16.0. The molecule has 0 saturated heterocycles. The molecule has 21 heavy (non-hydrogen) atoms. The van der Waals surface area contributed by atoms with Crippen LogP contribution in [0.4, 0.5) is 0 Å². The van der Waals surface area contributed by atoms with E-state index in [0.717, 1.165) is 12.8 Å². The third kappa shape index (κ3) is 5.71. The minimum atomic E-state index is -0.815. The van der Waals surface area contributed by atoms with Gasteiger partial charge in [-0.2, -0.15) is 0 Å². The number of hydrogen-bond acceptors (Lipinski definition) is 4. The summed E-state index contributed by atoms with van der Waals surface area (Å²) in [6.45, 7) is 3.53. The van der Waals surface area contributed by atoms with E-state index in [4.69, 9.17) is 10.8 Å². The van der Waals surface area contributed by atoms with Gasteiger partial charge in [-0.25, -0.2) is 0 Å². The van der Waals surface area contributed by atoms with Crippen molar-refractivity contribution in [2.24, 2.45) is 17.6 Å². The van der Waals surface area contributed by atoms with Crippen molar-refractivity contribution in [3.05, 3.63) is 0 Å². The van der Waals surface area contributed by atoms with Crippen LogP contribution in [0.15, 0.2) is 0 Å². The number of carboxylic acid groups (broad SMARTS) is 1. The molecule has 5 N–H and O–H groups in total. The third-order valence-corrected chi connectivity index (χ3v) is 3.83. The van der Waals surface area contributed by atoms with E-state index < -0.39 is 17.9 Å². The van der Waals surface area contributed by atoms with Crippen LogP contribution in [-0.2, 0) is 14.4 Å². The number of carbonyl (C=O) groups is 3. The Balaban J connectivity index is 2.33. The van der Waals surface area contributed by atoms with Gasteiger partial charge < -0.3 is 21.5 Å². The average molecular weight is 299 g/mol. The fraction of sp³-hybridized carbons (Fsp3) is 0.786. The summed E-state index contributed by atoms with van der Waals surface area (Å²) in [4.78, 5) is 34.4. The molecule has 0 bridgehead atoms. The van der Waals surface area contributed by atoms with Gasteiger partial charge in [0.25, 0.3) is 0 Å². The fourth-order valence-electron chi connectivity index (χ4n) is 2.41. The van der Waals surface area contributed by atoms with Gasteiger partial charge in [0, 0.05) is 6.04 Å². The van der Waals surface area contributed by atoms with Gasteiger partial charge in [-0.05, 0) is 25.2 Å². The van der Waals surface area contributed by atoms with Crippen LogP contribution in [0.1, 0.15) is 39.5 Å². The Bertz CT molecular complexity index is 398. The van der Waals surface area contributed by atoms with Crippen LogP contribution in [0.2, 0.25) is 0 Å². The third-order valence-electron chi connectivity index (χ3n) is 3.83. The molecule has 1 aliphatic carbocycles. The summed E-state index contributed by atoms with van der Waals surface area (Å²) in [6.07, 6.45) is 2.66. The van der Waals surface area contributed by atoms with Crippen LogP contribution in [0, 0.1) is 11.8 Å². The molecule has 2 amide bonds. The quantitative estimate of drug-likeness (QED) is 0.543. The lowest BCUT2D eigenvalue weighted by molar-refractivity contribution is -0.143. The minimum Gasteiger partial charge on any atom is -0.481 e. The second kappa shape index (κ2) is 7.97. The molecule has 1 aliphatic rings. The highest BCUT2D eigenvalue weighted by Crippen LogP contribution is 2.24. The van der Waals surface area contributed by atoms with Crippen molar-refractivity contribution >= 4 is 17.8 Å². The van der Waals surface area contributed by atoms with Gasteiger partial charge in [-0.1, -0.05) is 20.3 Å². The molecule has 2 unspecified atom stereocenters. The van der Waals surface area contributed by atoms with Crippen LogP contribution < -0.4 is 16.4 Å². The van der Waals surface area contributed by atoms with E-state index in [1.54, 1.807) is 0 Å². The number of nitrogens with one attached hydrogen (secondary N) is 2. The lowest BCUT2D eigenvalue weighted by atomic mass is 9.86. The molecule has 0 heterocycles. The fourth-order valence-corrected chi connectivity index (χ4v) is 2.41. The summed E-state index contributed by atoms with van der Waals surface area (Å²) in [5.41, 5.74) is 5.67. The van der Waals surface area contributed by atoms with E-state index in [1.807, 2.05) is 13.8 Å². The summed E-state index contributed by atoms with van der Waals surface area (Å²) in [5, 5.41) is 14.3. The van der Waals surface area contributed by atoms with E-state index in [1.165, 1.54) is 0 Å². The molecule has 0 aromatic rings. The molecular formula is C14H25N3O4. The summed E-state index contributed by atoms with van der Waals surface area (Å²) in [5.74, 6) is -1.87. The van der Waals surface area contributed by atoms with Gasteiger partial charge in [0.2, 0.25) is 11.8 Å². The number of aliphatic carboxylic acids is 1. The average Bonchev–Trinajstić information content (AvgIpc) is 2.44. The highest BCUT2D eigenvalue weighted by atomic mass is 16.4. The van der Waals surface area contributed by atoms with E-state index >= 15 is 0 Å². The Morgan fingerprint density at radius 3 is 2.52 bits per heavy atom. The molecule has 1 fully saturated rings. The maximum Gasteiger partial charge on any atom is 0.306 e. The smallest absolute Gasteiger partial charge is 0.306 e. The molecule has 3 atom stereocenters. The number of amides is 2. The van der Waals surface area contributed by atoms with Crippen LogP contribution in [0.25, 0.3) is 0 Å². The first-order chi connectivity index (χ1) is 9.81. The molecule has 0 aromatic heterocycles. The van der Waals surface area contributed by atoms with Crippen LogP contribution in [0.5, 0.6) is 0 Å². The Morgan fingerprint density at radius 1 is 1.29 bits per heavy atom. The number of carbonyl (C=O) groups excluding carboxylic acids is 2. The SMILES string of the molecule is CC(C)[C@H](N)C(=O)NCC(=O)NC1CCCC(C(=O)O)C1. The summed E-state index contributed by atoms with van der Waals surface area (Å²) < 4.78 is 0. The number of rotatable bonds is 6. The highest BCUT2D eigenvalue weighted by Gasteiger charge is 2.28. The van der Waals surface area contributed by atoms with Crippen molar-refractivity contribution in [2.45, 2.75) is 51.6 Å². The predicted octanol–water partition coefficient (Wildman–Crippen LogP) is -0.154. The number of carboxylic acids is 1.